The number of nitriles is 1. The van der Waals surface area contributed by atoms with Gasteiger partial charge in [-0.3, -0.25) is 9.36 Å². The Bertz CT molecular complexity index is 1060. The van der Waals surface area contributed by atoms with E-state index in [-0.39, 0.29) is 16.5 Å². The van der Waals surface area contributed by atoms with Gasteiger partial charge >= 0.3 is 0 Å². The molecule has 0 N–H and O–H groups in total. The predicted octanol–water partition coefficient (Wildman–Crippen LogP) is 2.64. The first-order valence-corrected chi connectivity index (χ1v) is 9.46. The number of morpholine rings is 1. The summed E-state index contributed by atoms with van der Waals surface area (Å²) in [6.07, 6.45) is 1.49. The molecule has 4 rings (SSSR count). The van der Waals surface area contributed by atoms with E-state index in [2.05, 4.69) is 21.3 Å². The SMILES string of the molecule is N#CC(C(=O)c1cccnc1Cl)c1nnc(N2CCOCC2)n1-c1ccccc1. The van der Waals surface area contributed by atoms with Crippen molar-refractivity contribution >= 4 is 23.3 Å². The first-order chi connectivity index (χ1) is 14.2. The summed E-state index contributed by atoms with van der Waals surface area (Å²) < 4.78 is 7.18. The van der Waals surface area contributed by atoms with Gasteiger partial charge in [-0.15, -0.1) is 10.2 Å². The van der Waals surface area contributed by atoms with E-state index in [1.54, 1.807) is 16.7 Å². The number of Topliss-reactive ketones (excluding diaryl/α,β-unsaturated/α-hetero) is 1. The molecule has 0 aliphatic carbocycles. The molecule has 3 aromatic rings. The lowest BCUT2D eigenvalue weighted by molar-refractivity contribution is 0.0975. The zero-order valence-corrected chi connectivity index (χ0v) is 16.2. The summed E-state index contributed by atoms with van der Waals surface area (Å²) in [7, 11) is 0. The normalized spacial score (nSPS) is 15.0. The molecule has 1 atom stereocenters. The third kappa shape index (κ3) is 3.70. The van der Waals surface area contributed by atoms with Crippen molar-refractivity contribution in [2.75, 3.05) is 31.2 Å². The molecule has 8 nitrogen and oxygen atoms in total. The molecule has 1 aliphatic rings. The average molecular weight is 409 g/mol. The smallest absolute Gasteiger partial charge is 0.232 e. The molecule has 2 aromatic heterocycles. The molecule has 0 bridgehead atoms. The van der Waals surface area contributed by atoms with Gasteiger partial charge in [0.1, 0.15) is 5.15 Å². The minimum absolute atomic E-state index is 0.0527. The number of aromatic nitrogens is 4. The lowest BCUT2D eigenvalue weighted by Gasteiger charge is -2.28. The predicted molar refractivity (Wildman–Crippen MR) is 106 cm³/mol. The van der Waals surface area contributed by atoms with Gasteiger partial charge in [-0.25, -0.2) is 4.98 Å². The minimum Gasteiger partial charge on any atom is -0.378 e. The van der Waals surface area contributed by atoms with E-state index >= 15 is 0 Å². The maximum absolute atomic E-state index is 13.1. The highest BCUT2D eigenvalue weighted by Gasteiger charge is 2.32. The topological polar surface area (TPSA) is 96.9 Å². The maximum Gasteiger partial charge on any atom is 0.232 e. The highest BCUT2D eigenvalue weighted by Crippen LogP contribution is 2.28. The highest BCUT2D eigenvalue weighted by atomic mass is 35.5. The molecular weight excluding hydrogens is 392 g/mol. The number of para-hydroxylation sites is 1. The summed E-state index contributed by atoms with van der Waals surface area (Å²) in [6, 6.07) is 14.6. The zero-order chi connectivity index (χ0) is 20.2. The molecule has 3 heterocycles. The Morgan fingerprint density at radius 1 is 1.14 bits per heavy atom. The van der Waals surface area contributed by atoms with Gasteiger partial charge in [0, 0.05) is 19.3 Å². The number of benzene rings is 1. The van der Waals surface area contributed by atoms with E-state index in [1.165, 1.54) is 6.20 Å². The molecule has 29 heavy (non-hydrogen) atoms. The molecular formula is C20H17ClN6O2. The lowest BCUT2D eigenvalue weighted by Crippen LogP contribution is -2.38. The van der Waals surface area contributed by atoms with Crippen molar-refractivity contribution in [1.29, 1.82) is 5.26 Å². The van der Waals surface area contributed by atoms with E-state index in [4.69, 9.17) is 16.3 Å². The maximum atomic E-state index is 13.1. The zero-order valence-electron chi connectivity index (χ0n) is 15.4. The van der Waals surface area contributed by atoms with Crippen molar-refractivity contribution < 1.29 is 9.53 Å². The van der Waals surface area contributed by atoms with Gasteiger partial charge in [0.15, 0.2) is 17.5 Å². The fraction of sp³-hybridized carbons (Fsp3) is 0.250. The number of ketones is 1. The van der Waals surface area contributed by atoms with Crippen molar-refractivity contribution in [1.82, 2.24) is 19.7 Å². The monoisotopic (exact) mass is 408 g/mol. The van der Waals surface area contributed by atoms with E-state index in [9.17, 15) is 10.1 Å². The van der Waals surface area contributed by atoms with Crippen LogP contribution < -0.4 is 4.90 Å². The molecule has 1 fully saturated rings. The number of nitrogens with zero attached hydrogens (tertiary/aromatic N) is 6. The van der Waals surface area contributed by atoms with Gasteiger partial charge in [-0.2, -0.15) is 5.26 Å². The molecule has 0 saturated carbocycles. The largest absolute Gasteiger partial charge is 0.378 e. The molecule has 9 heteroatoms. The summed E-state index contributed by atoms with van der Waals surface area (Å²) in [4.78, 5) is 19.1. The second-order valence-electron chi connectivity index (χ2n) is 6.40. The van der Waals surface area contributed by atoms with Crippen molar-refractivity contribution in [2.45, 2.75) is 5.92 Å². The molecule has 146 valence electrons. The van der Waals surface area contributed by atoms with Gasteiger partial charge in [0.2, 0.25) is 5.95 Å². The van der Waals surface area contributed by atoms with E-state index < -0.39 is 11.7 Å². The van der Waals surface area contributed by atoms with Crippen molar-refractivity contribution in [3.05, 3.63) is 65.2 Å². The summed E-state index contributed by atoms with van der Waals surface area (Å²) in [5.41, 5.74) is 0.940. The first-order valence-electron chi connectivity index (χ1n) is 9.08. The average Bonchev–Trinajstić information content (AvgIpc) is 3.20. The van der Waals surface area contributed by atoms with Crippen LogP contribution in [0.1, 0.15) is 22.1 Å². The number of rotatable bonds is 5. The number of halogens is 1. The molecule has 0 spiro atoms. The Labute approximate surface area is 172 Å². The van der Waals surface area contributed by atoms with Crippen LogP contribution in [0.4, 0.5) is 5.95 Å². The van der Waals surface area contributed by atoms with Crippen LogP contribution in [0.3, 0.4) is 0 Å². The summed E-state index contributed by atoms with van der Waals surface area (Å²) in [6.45, 7) is 2.43. The molecule has 1 aromatic carbocycles. The quantitative estimate of drug-likeness (QED) is 0.472. The van der Waals surface area contributed by atoms with Gasteiger partial charge in [0.05, 0.1) is 30.5 Å². The molecule has 0 amide bonds. The Hall–Kier alpha value is -3.28. The highest BCUT2D eigenvalue weighted by molar-refractivity contribution is 6.33. The van der Waals surface area contributed by atoms with Gasteiger partial charge in [-0.1, -0.05) is 29.8 Å². The fourth-order valence-corrected chi connectivity index (χ4v) is 3.44. The van der Waals surface area contributed by atoms with Crippen molar-refractivity contribution in [2.24, 2.45) is 0 Å². The third-order valence-electron chi connectivity index (χ3n) is 4.65. The summed E-state index contributed by atoms with van der Waals surface area (Å²) in [5, 5.41) is 18.5. The van der Waals surface area contributed by atoms with Crippen LogP contribution >= 0.6 is 11.6 Å². The molecule has 0 radical (unpaired) electrons. The molecule has 1 unspecified atom stereocenters. The van der Waals surface area contributed by atoms with Crippen LogP contribution in [0, 0.1) is 11.3 Å². The number of carbonyl (C=O) groups excluding carboxylic acids is 1. The summed E-state index contributed by atoms with van der Waals surface area (Å²) in [5.74, 6) is -0.840. The van der Waals surface area contributed by atoms with Gasteiger partial charge in [0.25, 0.3) is 0 Å². The number of carbonyl (C=O) groups is 1. The number of pyridine rings is 1. The Kier molecular flexibility index (Phi) is 5.51. The molecule has 1 aliphatic heterocycles. The third-order valence-corrected chi connectivity index (χ3v) is 4.95. The summed E-state index contributed by atoms with van der Waals surface area (Å²) >= 11 is 6.09. The standard InChI is InChI=1S/C20H17ClN6O2/c21-18-15(7-4-8-23-18)17(28)16(13-22)19-24-25-20(26-9-11-29-12-10-26)27(19)14-5-2-1-3-6-14/h1-8,16H,9-12H2. The van der Waals surface area contributed by atoms with Crippen LogP contribution in [0.5, 0.6) is 0 Å². The van der Waals surface area contributed by atoms with Gasteiger partial charge < -0.3 is 9.64 Å². The molecule has 1 saturated heterocycles. The Balaban J connectivity index is 1.82. The van der Waals surface area contributed by atoms with Crippen LogP contribution in [0.2, 0.25) is 5.15 Å². The van der Waals surface area contributed by atoms with Crippen LogP contribution in [-0.2, 0) is 4.74 Å². The van der Waals surface area contributed by atoms with Crippen LogP contribution in [-0.4, -0.2) is 51.8 Å². The van der Waals surface area contributed by atoms with Crippen LogP contribution in [0.25, 0.3) is 5.69 Å². The minimum atomic E-state index is -1.18. The van der Waals surface area contributed by atoms with E-state index in [1.807, 2.05) is 35.2 Å². The number of anilines is 1. The second-order valence-corrected chi connectivity index (χ2v) is 6.75. The number of hydrogen-bond acceptors (Lipinski definition) is 7. The Morgan fingerprint density at radius 3 is 2.59 bits per heavy atom. The second kappa shape index (κ2) is 8.39. The van der Waals surface area contributed by atoms with Crippen molar-refractivity contribution in [3.63, 3.8) is 0 Å². The number of hydrogen-bond donors (Lipinski definition) is 0. The Morgan fingerprint density at radius 2 is 1.90 bits per heavy atom. The fourth-order valence-electron chi connectivity index (χ4n) is 3.23. The van der Waals surface area contributed by atoms with Gasteiger partial charge in [-0.05, 0) is 24.3 Å². The van der Waals surface area contributed by atoms with Crippen LogP contribution in [0.15, 0.2) is 48.7 Å². The van der Waals surface area contributed by atoms with E-state index in [0.29, 0.717) is 32.3 Å². The van der Waals surface area contributed by atoms with Crippen molar-refractivity contribution in [3.8, 4) is 11.8 Å². The van der Waals surface area contributed by atoms with E-state index in [0.717, 1.165) is 5.69 Å². The lowest BCUT2D eigenvalue weighted by atomic mass is 9.99. The first kappa shape index (κ1) is 19.1. The number of ether oxygens (including phenoxy) is 1.